The number of para-hydroxylation sites is 1. The van der Waals surface area contributed by atoms with Crippen molar-refractivity contribution in [2.24, 2.45) is 0 Å². The lowest BCUT2D eigenvalue weighted by atomic mass is 9.94. The van der Waals surface area contributed by atoms with Gasteiger partial charge in [-0.15, -0.1) is 0 Å². The summed E-state index contributed by atoms with van der Waals surface area (Å²) in [6.45, 7) is 2.63. The Labute approximate surface area is 119 Å². The smallest absolute Gasteiger partial charge is 0.124 e. The fourth-order valence-electron chi connectivity index (χ4n) is 2.62. The zero-order chi connectivity index (χ0) is 13.9. The Morgan fingerprint density at radius 3 is 2.55 bits per heavy atom. The highest BCUT2D eigenvalue weighted by Crippen LogP contribution is 2.34. The second-order valence-electron chi connectivity index (χ2n) is 5.20. The van der Waals surface area contributed by atoms with Gasteiger partial charge in [0.1, 0.15) is 18.0 Å². The summed E-state index contributed by atoms with van der Waals surface area (Å²) in [5.41, 5.74) is 2.23. The lowest BCUT2D eigenvalue weighted by Gasteiger charge is -2.35. The predicted octanol–water partition coefficient (Wildman–Crippen LogP) is 2.66. The molecule has 0 amide bonds. The van der Waals surface area contributed by atoms with Crippen LogP contribution < -0.4 is 10.1 Å². The molecule has 20 heavy (non-hydrogen) atoms. The van der Waals surface area contributed by atoms with Crippen LogP contribution in [0.2, 0.25) is 0 Å². The molecule has 0 fully saturated rings. The number of fused-ring (bicyclic) bond motifs is 1. The molecular formula is C17H19NO2. The van der Waals surface area contributed by atoms with Crippen molar-refractivity contribution in [3.05, 3.63) is 65.7 Å². The number of aliphatic hydroxyl groups is 1. The van der Waals surface area contributed by atoms with Gasteiger partial charge in [-0.05, 0) is 18.6 Å². The summed E-state index contributed by atoms with van der Waals surface area (Å²) in [5, 5.41) is 13.8. The fourth-order valence-corrected chi connectivity index (χ4v) is 2.62. The fraction of sp³-hybridized carbons (Fsp3) is 0.294. The van der Waals surface area contributed by atoms with Crippen molar-refractivity contribution in [1.82, 2.24) is 5.32 Å². The molecule has 3 nitrogen and oxygen atoms in total. The molecule has 0 saturated carbocycles. The molecule has 2 aromatic rings. The van der Waals surface area contributed by atoms with E-state index in [1.807, 2.05) is 49.4 Å². The highest BCUT2D eigenvalue weighted by atomic mass is 16.5. The van der Waals surface area contributed by atoms with E-state index >= 15 is 0 Å². The van der Waals surface area contributed by atoms with E-state index in [1.54, 1.807) is 0 Å². The first-order chi connectivity index (χ1) is 9.75. The average molecular weight is 269 g/mol. The summed E-state index contributed by atoms with van der Waals surface area (Å²) in [5.74, 6) is 0.857. The van der Waals surface area contributed by atoms with Crippen molar-refractivity contribution in [2.45, 2.75) is 31.7 Å². The quantitative estimate of drug-likeness (QED) is 0.900. The van der Waals surface area contributed by atoms with Gasteiger partial charge in [0, 0.05) is 12.1 Å². The molecule has 1 aliphatic rings. The molecule has 1 heterocycles. The number of aliphatic hydroxyl groups excluding tert-OH is 1. The van der Waals surface area contributed by atoms with Gasteiger partial charge in [0.15, 0.2) is 0 Å². The normalized spacial score (nSPS) is 24.8. The molecule has 3 heteroatoms. The van der Waals surface area contributed by atoms with Gasteiger partial charge in [0.25, 0.3) is 0 Å². The third-order valence-electron chi connectivity index (χ3n) is 3.76. The maximum atomic E-state index is 10.4. The molecule has 3 rings (SSSR count). The minimum atomic E-state index is -0.548. The van der Waals surface area contributed by atoms with Crippen LogP contribution >= 0.6 is 0 Å². The van der Waals surface area contributed by atoms with E-state index in [4.69, 9.17) is 4.74 Å². The van der Waals surface area contributed by atoms with Gasteiger partial charge in [0.2, 0.25) is 0 Å². The van der Waals surface area contributed by atoms with Gasteiger partial charge in [-0.25, -0.2) is 0 Å². The van der Waals surface area contributed by atoms with Gasteiger partial charge in [-0.3, -0.25) is 0 Å². The third-order valence-corrected chi connectivity index (χ3v) is 3.76. The summed E-state index contributed by atoms with van der Waals surface area (Å²) in [6.07, 6.45) is -0.758. The lowest BCUT2D eigenvalue weighted by molar-refractivity contribution is 0.00205. The van der Waals surface area contributed by atoms with Crippen molar-refractivity contribution in [1.29, 1.82) is 0 Å². The first-order valence-corrected chi connectivity index (χ1v) is 6.96. The van der Waals surface area contributed by atoms with Gasteiger partial charge < -0.3 is 15.2 Å². The monoisotopic (exact) mass is 269 g/mol. The van der Waals surface area contributed by atoms with Gasteiger partial charge in [0.05, 0.1) is 6.04 Å². The molecule has 0 aliphatic carbocycles. The molecule has 0 radical (unpaired) electrons. The van der Waals surface area contributed by atoms with Crippen LogP contribution in [0.15, 0.2) is 54.6 Å². The Balaban J connectivity index is 1.81. The van der Waals surface area contributed by atoms with E-state index in [1.165, 1.54) is 5.56 Å². The molecule has 1 aliphatic heterocycles. The van der Waals surface area contributed by atoms with Crippen molar-refractivity contribution >= 4 is 0 Å². The molecule has 0 spiro atoms. The van der Waals surface area contributed by atoms with Crippen LogP contribution in [0.5, 0.6) is 5.75 Å². The molecule has 0 aromatic heterocycles. The van der Waals surface area contributed by atoms with E-state index in [0.29, 0.717) is 0 Å². The SMILES string of the molecule is C[C@@H]1Oc2ccccc2[C@@H](NCc2ccccc2)[C@@H]1O. The maximum Gasteiger partial charge on any atom is 0.124 e. The molecule has 2 aromatic carbocycles. The number of hydrogen-bond acceptors (Lipinski definition) is 3. The zero-order valence-electron chi connectivity index (χ0n) is 11.5. The second-order valence-corrected chi connectivity index (χ2v) is 5.20. The molecule has 2 N–H and O–H groups in total. The number of rotatable bonds is 3. The number of nitrogens with one attached hydrogen (secondary N) is 1. The highest BCUT2D eigenvalue weighted by molar-refractivity contribution is 5.39. The minimum Gasteiger partial charge on any atom is -0.488 e. The molecule has 3 atom stereocenters. The standard InChI is InChI=1S/C17H19NO2/c1-12-17(19)16(14-9-5-6-10-15(14)20-12)18-11-13-7-3-2-4-8-13/h2-10,12,16-19H,11H2,1H3/t12-,16+,17+/m0/s1. The topological polar surface area (TPSA) is 41.5 Å². The van der Waals surface area contributed by atoms with Crippen LogP contribution in [0.4, 0.5) is 0 Å². The van der Waals surface area contributed by atoms with Crippen LogP contribution in [0.3, 0.4) is 0 Å². The van der Waals surface area contributed by atoms with Crippen LogP contribution in [-0.4, -0.2) is 17.3 Å². The van der Waals surface area contributed by atoms with E-state index < -0.39 is 6.10 Å². The number of ether oxygens (including phenoxy) is 1. The average Bonchev–Trinajstić information content (AvgIpc) is 2.49. The van der Waals surface area contributed by atoms with Crippen molar-refractivity contribution < 1.29 is 9.84 Å². The van der Waals surface area contributed by atoms with E-state index in [9.17, 15) is 5.11 Å². The minimum absolute atomic E-state index is 0.102. The van der Waals surface area contributed by atoms with E-state index in [2.05, 4.69) is 17.4 Å². The second kappa shape index (κ2) is 5.65. The molecule has 0 bridgehead atoms. The Morgan fingerprint density at radius 1 is 1.05 bits per heavy atom. The highest BCUT2D eigenvalue weighted by Gasteiger charge is 2.34. The van der Waals surface area contributed by atoms with Crippen LogP contribution in [0, 0.1) is 0 Å². The summed E-state index contributed by atoms with van der Waals surface area (Å²) in [7, 11) is 0. The molecular weight excluding hydrogens is 250 g/mol. The van der Waals surface area contributed by atoms with Gasteiger partial charge >= 0.3 is 0 Å². The summed E-state index contributed by atoms with van der Waals surface area (Å²) < 4.78 is 5.74. The van der Waals surface area contributed by atoms with Crippen molar-refractivity contribution in [3.63, 3.8) is 0 Å². The summed E-state index contributed by atoms with van der Waals surface area (Å²) in [4.78, 5) is 0. The molecule has 0 saturated heterocycles. The van der Waals surface area contributed by atoms with Gasteiger partial charge in [-0.1, -0.05) is 48.5 Å². The Kier molecular flexibility index (Phi) is 3.72. The van der Waals surface area contributed by atoms with Crippen LogP contribution in [0.25, 0.3) is 0 Å². The lowest BCUT2D eigenvalue weighted by Crippen LogP contribution is -2.44. The van der Waals surface area contributed by atoms with E-state index in [0.717, 1.165) is 17.9 Å². The molecule has 104 valence electrons. The predicted molar refractivity (Wildman–Crippen MR) is 78.6 cm³/mol. The Bertz CT molecular complexity index is 570. The van der Waals surface area contributed by atoms with Gasteiger partial charge in [-0.2, -0.15) is 0 Å². The third kappa shape index (κ3) is 2.55. The Morgan fingerprint density at radius 2 is 1.75 bits per heavy atom. The zero-order valence-corrected chi connectivity index (χ0v) is 11.5. The van der Waals surface area contributed by atoms with Crippen LogP contribution in [-0.2, 0) is 6.54 Å². The first kappa shape index (κ1) is 13.2. The first-order valence-electron chi connectivity index (χ1n) is 6.96. The summed E-state index contributed by atoms with van der Waals surface area (Å²) in [6, 6.07) is 18.0. The number of hydrogen-bond donors (Lipinski definition) is 2. The van der Waals surface area contributed by atoms with Crippen molar-refractivity contribution in [2.75, 3.05) is 0 Å². The van der Waals surface area contributed by atoms with Crippen molar-refractivity contribution in [3.8, 4) is 5.75 Å². The maximum absolute atomic E-state index is 10.4. The largest absolute Gasteiger partial charge is 0.488 e. The summed E-state index contributed by atoms with van der Waals surface area (Å²) >= 11 is 0. The Hall–Kier alpha value is -1.84. The molecule has 0 unspecified atom stereocenters. The number of benzene rings is 2. The van der Waals surface area contributed by atoms with Crippen LogP contribution in [0.1, 0.15) is 24.1 Å². The van der Waals surface area contributed by atoms with E-state index in [-0.39, 0.29) is 12.1 Å².